The van der Waals surface area contributed by atoms with E-state index in [-0.39, 0.29) is 5.69 Å². The molecule has 0 saturated carbocycles. The maximum Gasteiger partial charge on any atom is 0.292 e. The summed E-state index contributed by atoms with van der Waals surface area (Å²) in [6, 6.07) is 10.4. The van der Waals surface area contributed by atoms with Gasteiger partial charge >= 0.3 is 0 Å². The maximum absolute atomic E-state index is 11.0. The molecule has 0 amide bonds. The molecule has 0 aliphatic heterocycles. The molecule has 7 heteroatoms. The molecule has 0 aromatic heterocycles. The van der Waals surface area contributed by atoms with E-state index in [1.54, 1.807) is 37.4 Å². The monoisotopic (exact) mass is 342 g/mol. The molecule has 0 saturated heterocycles. The van der Waals surface area contributed by atoms with Crippen LogP contribution in [-0.2, 0) is 5.75 Å². The van der Waals surface area contributed by atoms with Crippen LogP contribution in [0.5, 0.6) is 0 Å². The van der Waals surface area contributed by atoms with Gasteiger partial charge in [-0.05, 0) is 29.8 Å². The number of hydrogen-bond donors (Lipinski definition) is 1. The van der Waals surface area contributed by atoms with Crippen molar-refractivity contribution in [1.29, 1.82) is 0 Å². The first kappa shape index (κ1) is 15.9. The Morgan fingerprint density at radius 3 is 2.67 bits per heavy atom. The average Bonchev–Trinajstić information content (AvgIpc) is 2.47. The highest BCUT2D eigenvalue weighted by atomic mass is 35.5. The Kier molecular flexibility index (Phi) is 5.33. The molecule has 0 aliphatic carbocycles. The van der Waals surface area contributed by atoms with Gasteiger partial charge in [-0.1, -0.05) is 29.3 Å². The molecule has 0 atom stereocenters. The van der Waals surface area contributed by atoms with Crippen LogP contribution in [0, 0.1) is 10.1 Å². The smallest absolute Gasteiger partial charge is 0.292 e. The second-order valence-corrected chi connectivity index (χ2v) is 6.08. The number of anilines is 1. The highest BCUT2D eigenvalue weighted by molar-refractivity contribution is 7.98. The van der Waals surface area contributed by atoms with Crippen LogP contribution in [0.25, 0.3) is 0 Å². The number of halogens is 2. The minimum atomic E-state index is -0.396. The summed E-state index contributed by atoms with van der Waals surface area (Å²) < 4.78 is 0. The zero-order chi connectivity index (χ0) is 15.4. The van der Waals surface area contributed by atoms with Crippen LogP contribution in [0.2, 0.25) is 10.0 Å². The lowest BCUT2D eigenvalue weighted by Crippen LogP contribution is -1.97. The second-order valence-electron chi connectivity index (χ2n) is 4.22. The van der Waals surface area contributed by atoms with Gasteiger partial charge in [0.25, 0.3) is 5.69 Å². The quantitative estimate of drug-likeness (QED) is 0.458. The Labute approximate surface area is 136 Å². The maximum atomic E-state index is 11.0. The van der Waals surface area contributed by atoms with Crippen molar-refractivity contribution in [2.45, 2.75) is 10.6 Å². The number of nitro benzene ring substituents is 1. The fourth-order valence-corrected chi connectivity index (χ4v) is 3.21. The second kappa shape index (κ2) is 7.02. The van der Waals surface area contributed by atoms with Gasteiger partial charge < -0.3 is 5.32 Å². The summed E-state index contributed by atoms with van der Waals surface area (Å²) >= 11 is 13.5. The molecule has 2 rings (SSSR count). The molecule has 0 fully saturated rings. The number of benzene rings is 2. The van der Waals surface area contributed by atoms with Gasteiger partial charge in [0.15, 0.2) is 0 Å². The number of nitro groups is 1. The minimum Gasteiger partial charge on any atom is -0.383 e. The largest absolute Gasteiger partial charge is 0.383 e. The Morgan fingerprint density at radius 1 is 1.24 bits per heavy atom. The van der Waals surface area contributed by atoms with Crippen LogP contribution in [0.1, 0.15) is 5.56 Å². The van der Waals surface area contributed by atoms with Gasteiger partial charge in [-0.25, -0.2) is 0 Å². The molecule has 0 heterocycles. The third-order valence-electron chi connectivity index (χ3n) is 2.82. The first-order chi connectivity index (χ1) is 10.0. The van der Waals surface area contributed by atoms with Crippen molar-refractivity contribution in [2.75, 3.05) is 12.4 Å². The standard InChI is InChI=1S/C14H12Cl2N2O2S/c1-17-12-5-2-9(6-13(12)18(19)20)8-21-14-7-10(15)3-4-11(14)16/h2-7,17H,8H2,1H3. The summed E-state index contributed by atoms with van der Waals surface area (Å²) in [4.78, 5) is 11.5. The van der Waals surface area contributed by atoms with Crippen LogP contribution >= 0.6 is 35.0 Å². The zero-order valence-electron chi connectivity index (χ0n) is 11.1. The van der Waals surface area contributed by atoms with Crippen LogP contribution in [-0.4, -0.2) is 12.0 Å². The van der Waals surface area contributed by atoms with Crippen molar-refractivity contribution in [3.8, 4) is 0 Å². The van der Waals surface area contributed by atoms with E-state index in [2.05, 4.69) is 5.32 Å². The fraction of sp³-hybridized carbons (Fsp3) is 0.143. The lowest BCUT2D eigenvalue weighted by atomic mass is 10.2. The number of nitrogens with zero attached hydrogens (tertiary/aromatic N) is 1. The molecule has 0 radical (unpaired) electrons. The molecule has 0 unspecified atom stereocenters. The van der Waals surface area contributed by atoms with Gasteiger partial charge in [-0.2, -0.15) is 0 Å². The minimum absolute atomic E-state index is 0.0628. The fourth-order valence-electron chi connectivity index (χ4n) is 1.78. The summed E-state index contributed by atoms with van der Waals surface area (Å²) in [6.45, 7) is 0. The first-order valence-corrected chi connectivity index (χ1v) is 7.78. The van der Waals surface area contributed by atoms with Crippen LogP contribution in [0.3, 0.4) is 0 Å². The number of nitrogens with one attached hydrogen (secondary N) is 1. The van der Waals surface area contributed by atoms with Gasteiger partial charge in [-0.3, -0.25) is 10.1 Å². The zero-order valence-corrected chi connectivity index (χ0v) is 13.4. The van der Waals surface area contributed by atoms with E-state index < -0.39 is 4.92 Å². The lowest BCUT2D eigenvalue weighted by Gasteiger charge is -2.07. The lowest BCUT2D eigenvalue weighted by molar-refractivity contribution is -0.384. The highest BCUT2D eigenvalue weighted by Crippen LogP contribution is 2.33. The van der Waals surface area contributed by atoms with Gasteiger partial charge in [0, 0.05) is 28.8 Å². The first-order valence-electron chi connectivity index (χ1n) is 6.04. The van der Waals surface area contributed by atoms with Gasteiger partial charge in [-0.15, -0.1) is 11.8 Å². The summed E-state index contributed by atoms with van der Waals surface area (Å²) in [5, 5.41) is 15.1. The van der Waals surface area contributed by atoms with Crippen molar-refractivity contribution in [3.05, 3.63) is 62.1 Å². The Bertz CT molecular complexity index is 680. The summed E-state index contributed by atoms with van der Waals surface area (Å²) in [5.74, 6) is 0.574. The molecular weight excluding hydrogens is 331 g/mol. The Hall–Kier alpha value is -1.43. The molecule has 4 nitrogen and oxygen atoms in total. The SMILES string of the molecule is CNc1ccc(CSc2cc(Cl)ccc2Cl)cc1[N+](=O)[O-]. The molecular formula is C14H12Cl2N2O2S. The summed E-state index contributed by atoms with van der Waals surface area (Å²) in [6.07, 6.45) is 0. The van der Waals surface area contributed by atoms with E-state index in [0.29, 0.717) is 21.5 Å². The van der Waals surface area contributed by atoms with E-state index in [9.17, 15) is 10.1 Å². The summed E-state index contributed by atoms with van der Waals surface area (Å²) in [7, 11) is 1.66. The van der Waals surface area contributed by atoms with E-state index in [1.165, 1.54) is 11.8 Å². The average molecular weight is 343 g/mol. The van der Waals surface area contributed by atoms with Crippen LogP contribution < -0.4 is 5.32 Å². The highest BCUT2D eigenvalue weighted by Gasteiger charge is 2.13. The predicted molar refractivity (Wildman–Crippen MR) is 88.7 cm³/mol. The van der Waals surface area contributed by atoms with Crippen molar-refractivity contribution < 1.29 is 4.92 Å². The van der Waals surface area contributed by atoms with Crippen molar-refractivity contribution in [3.63, 3.8) is 0 Å². The van der Waals surface area contributed by atoms with Crippen LogP contribution in [0.15, 0.2) is 41.3 Å². The van der Waals surface area contributed by atoms with Crippen molar-refractivity contribution >= 4 is 46.3 Å². The van der Waals surface area contributed by atoms with Gasteiger partial charge in [0.1, 0.15) is 5.69 Å². The van der Waals surface area contributed by atoms with Crippen LogP contribution in [0.4, 0.5) is 11.4 Å². The molecule has 2 aromatic rings. The third kappa shape index (κ3) is 4.03. The molecule has 0 aliphatic rings. The van der Waals surface area contributed by atoms with Crippen molar-refractivity contribution in [2.24, 2.45) is 0 Å². The molecule has 1 N–H and O–H groups in total. The normalized spacial score (nSPS) is 10.4. The summed E-state index contributed by atoms with van der Waals surface area (Å²) in [5.41, 5.74) is 1.41. The third-order valence-corrected chi connectivity index (χ3v) is 4.62. The van der Waals surface area contributed by atoms with E-state index in [0.717, 1.165) is 10.5 Å². The number of thioether (sulfide) groups is 1. The number of rotatable bonds is 5. The molecule has 2 aromatic carbocycles. The van der Waals surface area contributed by atoms with Gasteiger partial charge in [0.05, 0.1) is 9.95 Å². The topological polar surface area (TPSA) is 55.2 Å². The molecule has 0 bridgehead atoms. The number of hydrogen-bond acceptors (Lipinski definition) is 4. The van der Waals surface area contributed by atoms with E-state index >= 15 is 0 Å². The van der Waals surface area contributed by atoms with E-state index in [4.69, 9.17) is 23.2 Å². The molecule has 21 heavy (non-hydrogen) atoms. The van der Waals surface area contributed by atoms with E-state index in [1.807, 2.05) is 6.07 Å². The predicted octanol–water partition coefficient (Wildman–Crippen LogP) is 5.24. The molecule has 0 spiro atoms. The van der Waals surface area contributed by atoms with Gasteiger partial charge in [0.2, 0.25) is 0 Å². The Balaban J connectivity index is 2.18. The van der Waals surface area contributed by atoms with Crippen molar-refractivity contribution in [1.82, 2.24) is 0 Å². The molecule has 110 valence electrons. The Morgan fingerprint density at radius 2 is 2.00 bits per heavy atom.